The minimum atomic E-state index is -0.198. The van der Waals surface area contributed by atoms with Gasteiger partial charge in [-0.1, -0.05) is 11.6 Å². The highest BCUT2D eigenvalue weighted by atomic mass is 35.5. The summed E-state index contributed by atoms with van der Waals surface area (Å²) in [7, 11) is 1.39. The second-order valence-corrected chi connectivity index (χ2v) is 4.70. The van der Waals surface area contributed by atoms with Crippen molar-refractivity contribution in [3.63, 3.8) is 0 Å². The Hall–Kier alpha value is -0.710. The van der Waals surface area contributed by atoms with E-state index in [-0.39, 0.29) is 5.97 Å². The number of benzene rings is 1. The molecular weight excluding hydrogens is 246 g/mol. The van der Waals surface area contributed by atoms with Gasteiger partial charge in [-0.2, -0.15) is 0 Å². The van der Waals surface area contributed by atoms with Crippen LogP contribution in [0.3, 0.4) is 0 Å². The van der Waals surface area contributed by atoms with Crippen molar-refractivity contribution in [2.75, 3.05) is 12.9 Å². The number of carbonyl (C=O) groups is 1. The van der Waals surface area contributed by atoms with E-state index in [1.54, 1.807) is 11.8 Å². The lowest BCUT2D eigenvalue weighted by molar-refractivity contribution is -0.140. The molecule has 1 aromatic rings. The van der Waals surface area contributed by atoms with Gasteiger partial charge in [-0.05, 0) is 23.8 Å². The Morgan fingerprint density at radius 3 is 2.94 bits per heavy atom. The van der Waals surface area contributed by atoms with Crippen molar-refractivity contribution in [2.45, 2.75) is 17.9 Å². The molecule has 0 unspecified atom stereocenters. The molecule has 0 aliphatic carbocycles. The zero-order valence-corrected chi connectivity index (χ0v) is 10.6. The maximum Gasteiger partial charge on any atom is 0.306 e. The SMILES string of the molecule is COC(=O)CCSc1ccc(Cl)cc1CN. The molecule has 88 valence electrons. The number of methoxy groups -OCH3 is 1. The predicted octanol–water partition coefficient (Wildman–Crippen LogP) is 2.45. The van der Waals surface area contributed by atoms with Crippen LogP contribution in [0.4, 0.5) is 0 Å². The number of ether oxygens (including phenoxy) is 1. The molecule has 0 fully saturated rings. The Balaban J connectivity index is 2.56. The molecular formula is C11H14ClNO2S. The Bertz CT molecular complexity index is 371. The Labute approximate surface area is 104 Å². The van der Waals surface area contributed by atoms with Crippen molar-refractivity contribution in [3.8, 4) is 0 Å². The van der Waals surface area contributed by atoms with Gasteiger partial charge in [-0.3, -0.25) is 4.79 Å². The lowest BCUT2D eigenvalue weighted by atomic mass is 10.2. The molecule has 0 aliphatic heterocycles. The number of halogens is 1. The van der Waals surface area contributed by atoms with E-state index in [4.69, 9.17) is 17.3 Å². The minimum absolute atomic E-state index is 0.198. The minimum Gasteiger partial charge on any atom is -0.469 e. The maximum absolute atomic E-state index is 10.9. The van der Waals surface area contributed by atoms with Crippen LogP contribution in [-0.2, 0) is 16.1 Å². The largest absolute Gasteiger partial charge is 0.469 e. The van der Waals surface area contributed by atoms with Crippen molar-refractivity contribution in [1.29, 1.82) is 0 Å². The third kappa shape index (κ3) is 4.04. The Morgan fingerprint density at radius 2 is 2.31 bits per heavy atom. The summed E-state index contributed by atoms with van der Waals surface area (Å²) in [6, 6.07) is 5.59. The predicted molar refractivity (Wildman–Crippen MR) is 66.7 cm³/mol. The molecule has 3 nitrogen and oxygen atoms in total. The first-order valence-corrected chi connectivity index (χ1v) is 6.22. The van der Waals surface area contributed by atoms with Crippen LogP contribution in [0.1, 0.15) is 12.0 Å². The highest BCUT2D eigenvalue weighted by Crippen LogP contribution is 2.26. The average molecular weight is 260 g/mol. The highest BCUT2D eigenvalue weighted by molar-refractivity contribution is 7.99. The van der Waals surface area contributed by atoms with E-state index in [1.165, 1.54) is 7.11 Å². The summed E-state index contributed by atoms with van der Waals surface area (Å²) in [6.07, 6.45) is 0.397. The number of hydrogen-bond donors (Lipinski definition) is 1. The fourth-order valence-corrected chi connectivity index (χ4v) is 2.37. The van der Waals surface area contributed by atoms with E-state index in [0.717, 1.165) is 10.5 Å². The third-order valence-electron chi connectivity index (χ3n) is 2.03. The molecule has 0 aromatic heterocycles. The first-order chi connectivity index (χ1) is 7.67. The van der Waals surface area contributed by atoms with Crippen LogP contribution in [0.2, 0.25) is 5.02 Å². The second kappa shape index (κ2) is 6.78. The zero-order valence-electron chi connectivity index (χ0n) is 9.03. The normalized spacial score (nSPS) is 10.2. The molecule has 0 amide bonds. The summed E-state index contributed by atoms with van der Waals surface area (Å²) < 4.78 is 4.57. The number of hydrogen-bond acceptors (Lipinski definition) is 4. The van der Waals surface area contributed by atoms with Crippen LogP contribution in [0.15, 0.2) is 23.1 Å². The van der Waals surface area contributed by atoms with E-state index >= 15 is 0 Å². The Kier molecular flexibility index (Phi) is 5.66. The number of rotatable bonds is 5. The molecule has 0 atom stereocenters. The van der Waals surface area contributed by atoms with Gasteiger partial charge < -0.3 is 10.5 Å². The van der Waals surface area contributed by atoms with Crippen molar-refractivity contribution in [3.05, 3.63) is 28.8 Å². The summed E-state index contributed by atoms with van der Waals surface area (Å²) in [6.45, 7) is 0.446. The number of nitrogens with two attached hydrogens (primary N) is 1. The molecule has 0 bridgehead atoms. The number of esters is 1. The van der Waals surface area contributed by atoms with Gasteiger partial charge in [0, 0.05) is 22.2 Å². The third-order valence-corrected chi connectivity index (χ3v) is 3.39. The van der Waals surface area contributed by atoms with Crippen molar-refractivity contribution < 1.29 is 9.53 Å². The topological polar surface area (TPSA) is 52.3 Å². The molecule has 0 saturated heterocycles. The Morgan fingerprint density at radius 1 is 1.56 bits per heavy atom. The molecule has 16 heavy (non-hydrogen) atoms. The summed E-state index contributed by atoms with van der Waals surface area (Å²) in [4.78, 5) is 12.0. The quantitative estimate of drug-likeness (QED) is 0.652. The molecule has 2 N–H and O–H groups in total. The van der Waals surface area contributed by atoms with E-state index in [9.17, 15) is 4.79 Å². The number of carbonyl (C=O) groups excluding carboxylic acids is 1. The van der Waals surface area contributed by atoms with Crippen LogP contribution in [0.5, 0.6) is 0 Å². The fourth-order valence-electron chi connectivity index (χ4n) is 1.19. The van der Waals surface area contributed by atoms with Gasteiger partial charge in [0.25, 0.3) is 0 Å². The van der Waals surface area contributed by atoms with Crippen molar-refractivity contribution in [2.24, 2.45) is 5.73 Å². The average Bonchev–Trinajstić information content (AvgIpc) is 2.30. The maximum atomic E-state index is 10.9. The van der Waals surface area contributed by atoms with Crippen LogP contribution < -0.4 is 5.73 Å². The summed E-state index contributed by atoms with van der Waals surface area (Å²) >= 11 is 7.45. The second-order valence-electron chi connectivity index (χ2n) is 3.13. The van der Waals surface area contributed by atoms with E-state index in [1.807, 2.05) is 18.2 Å². The van der Waals surface area contributed by atoms with Gasteiger partial charge >= 0.3 is 5.97 Å². The van der Waals surface area contributed by atoms with Crippen molar-refractivity contribution >= 4 is 29.3 Å². The van der Waals surface area contributed by atoms with E-state index in [2.05, 4.69) is 4.74 Å². The van der Waals surface area contributed by atoms with Crippen LogP contribution in [0.25, 0.3) is 0 Å². The first kappa shape index (κ1) is 13.4. The van der Waals surface area contributed by atoms with Gasteiger partial charge in [0.05, 0.1) is 13.5 Å². The monoisotopic (exact) mass is 259 g/mol. The van der Waals surface area contributed by atoms with Gasteiger partial charge in [0.1, 0.15) is 0 Å². The highest BCUT2D eigenvalue weighted by Gasteiger charge is 2.05. The van der Waals surface area contributed by atoms with Gasteiger partial charge in [-0.25, -0.2) is 0 Å². The van der Waals surface area contributed by atoms with Gasteiger partial charge in [0.15, 0.2) is 0 Å². The van der Waals surface area contributed by atoms with E-state index < -0.39 is 0 Å². The standard InChI is InChI=1S/C11H14ClNO2S/c1-15-11(14)4-5-16-10-3-2-9(12)6-8(10)7-13/h2-3,6H,4-5,7,13H2,1H3. The molecule has 0 heterocycles. The van der Waals surface area contributed by atoms with E-state index in [0.29, 0.717) is 23.7 Å². The lowest BCUT2D eigenvalue weighted by Crippen LogP contribution is -2.02. The molecule has 0 saturated carbocycles. The van der Waals surface area contributed by atoms with Crippen LogP contribution >= 0.6 is 23.4 Å². The molecule has 0 radical (unpaired) electrons. The van der Waals surface area contributed by atoms with Crippen LogP contribution in [-0.4, -0.2) is 18.8 Å². The van der Waals surface area contributed by atoms with Gasteiger partial charge in [0.2, 0.25) is 0 Å². The summed E-state index contributed by atoms with van der Waals surface area (Å²) in [5.74, 6) is 0.483. The molecule has 1 aromatic carbocycles. The smallest absolute Gasteiger partial charge is 0.306 e. The zero-order chi connectivity index (χ0) is 12.0. The molecule has 0 spiro atoms. The van der Waals surface area contributed by atoms with Crippen molar-refractivity contribution in [1.82, 2.24) is 0 Å². The molecule has 5 heteroatoms. The van der Waals surface area contributed by atoms with Gasteiger partial charge in [-0.15, -0.1) is 11.8 Å². The first-order valence-electron chi connectivity index (χ1n) is 4.85. The summed E-state index contributed by atoms with van der Waals surface area (Å²) in [5.41, 5.74) is 6.62. The molecule has 1 rings (SSSR count). The van der Waals surface area contributed by atoms with Crippen LogP contribution in [0, 0.1) is 0 Å². The summed E-state index contributed by atoms with van der Waals surface area (Å²) in [5, 5.41) is 0.678. The lowest BCUT2D eigenvalue weighted by Gasteiger charge is -2.07. The molecule has 0 aliphatic rings. The fraction of sp³-hybridized carbons (Fsp3) is 0.364. The number of thioether (sulfide) groups is 1.